The van der Waals surface area contributed by atoms with Crippen LogP contribution in [0.15, 0.2) is 30.7 Å². The van der Waals surface area contributed by atoms with E-state index in [1.165, 1.54) is 11.4 Å². The molecule has 3 aromatic heterocycles. The standard InChI is InChI=1S/C23H30N8O/c1-16(2)31-17(3)27-20-19(31)14-30(21(32)18-6-11-26-28(18)4)15-23(20)7-12-29(13-8-23)22-24-9-5-10-25-22/h5-6,9-11,16H,7-8,12-15H2,1-4H3. The van der Waals surface area contributed by atoms with Crippen molar-refractivity contribution in [1.29, 1.82) is 0 Å². The molecular formula is C23H30N8O. The maximum Gasteiger partial charge on any atom is 0.272 e. The zero-order chi connectivity index (χ0) is 22.5. The van der Waals surface area contributed by atoms with Gasteiger partial charge < -0.3 is 14.4 Å². The fourth-order valence-electron chi connectivity index (χ4n) is 5.40. The van der Waals surface area contributed by atoms with Crippen LogP contribution in [0.4, 0.5) is 5.95 Å². The molecule has 1 saturated heterocycles. The predicted molar refractivity (Wildman–Crippen MR) is 120 cm³/mol. The summed E-state index contributed by atoms with van der Waals surface area (Å²) in [6.07, 6.45) is 7.06. The molecule has 0 N–H and O–H groups in total. The zero-order valence-electron chi connectivity index (χ0n) is 19.2. The predicted octanol–water partition coefficient (Wildman–Crippen LogP) is 2.49. The molecule has 2 aliphatic heterocycles. The largest absolute Gasteiger partial charge is 0.341 e. The molecular weight excluding hydrogens is 404 g/mol. The second kappa shape index (κ2) is 7.72. The summed E-state index contributed by atoms with van der Waals surface area (Å²) in [7, 11) is 1.82. The molecule has 1 spiro atoms. The van der Waals surface area contributed by atoms with Crippen molar-refractivity contribution in [3.05, 3.63) is 53.6 Å². The van der Waals surface area contributed by atoms with E-state index in [4.69, 9.17) is 4.98 Å². The van der Waals surface area contributed by atoms with E-state index in [0.717, 1.165) is 37.7 Å². The molecule has 9 nitrogen and oxygen atoms in total. The van der Waals surface area contributed by atoms with E-state index < -0.39 is 0 Å². The van der Waals surface area contributed by atoms with Gasteiger partial charge in [0.25, 0.3) is 5.91 Å². The van der Waals surface area contributed by atoms with Crippen molar-refractivity contribution in [3.8, 4) is 0 Å². The lowest BCUT2D eigenvalue weighted by atomic mass is 9.72. The minimum atomic E-state index is -0.169. The monoisotopic (exact) mass is 434 g/mol. The highest BCUT2D eigenvalue weighted by Crippen LogP contribution is 2.43. The topological polar surface area (TPSA) is 85.0 Å². The number of imidazole rings is 1. The number of hydrogen-bond acceptors (Lipinski definition) is 6. The van der Waals surface area contributed by atoms with Crippen molar-refractivity contribution < 1.29 is 4.79 Å². The first-order chi connectivity index (χ1) is 15.4. The summed E-state index contributed by atoms with van der Waals surface area (Å²) in [6.45, 7) is 9.35. The number of carbonyl (C=O) groups excluding carboxylic acids is 1. The molecule has 3 aromatic rings. The van der Waals surface area contributed by atoms with Crippen molar-refractivity contribution in [1.82, 2.24) is 34.2 Å². The molecule has 0 aromatic carbocycles. The highest BCUT2D eigenvalue weighted by molar-refractivity contribution is 5.92. The van der Waals surface area contributed by atoms with Gasteiger partial charge in [0.1, 0.15) is 11.5 Å². The lowest BCUT2D eigenvalue weighted by Crippen LogP contribution is -2.54. The van der Waals surface area contributed by atoms with E-state index in [2.05, 4.69) is 45.3 Å². The molecule has 168 valence electrons. The van der Waals surface area contributed by atoms with Gasteiger partial charge in [0.2, 0.25) is 5.95 Å². The summed E-state index contributed by atoms with van der Waals surface area (Å²) < 4.78 is 3.96. The Morgan fingerprint density at radius 1 is 1.12 bits per heavy atom. The number of rotatable bonds is 3. The van der Waals surface area contributed by atoms with Crippen LogP contribution in [0.2, 0.25) is 0 Å². The van der Waals surface area contributed by atoms with E-state index in [9.17, 15) is 4.79 Å². The molecule has 32 heavy (non-hydrogen) atoms. The second-order valence-electron chi connectivity index (χ2n) is 9.24. The van der Waals surface area contributed by atoms with Crippen LogP contribution in [0.3, 0.4) is 0 Å². The van der Waals surface area contributed by atoms with Gasteiger partial charge in [0.15, 0.2) is 0 Å². The molecule has 0 radical (unpaired) electrons. The molecule has 5 heterocycles. The van der Waals surface area contributed by atoms with Crippen molar-refractivity contribution in [2.24, 2.45) is 7.05 Å². The van der Waals surface area contributed by atoms with Crippen LogP contribution in [-0.4, -0.2) is 59.7 Å². The Hall–Kier alpha value is -3.23. The average Bonchev–Trinajstić information content (AvgIpc) is 3.37. The molecule has 1 fully saturated rings. The normalized spacial score (nSPS) is 17.8. The van der Waals surface area contributed by atoms with Gasteiger partial charge in [-0.3, -0.25) is 9.48 Å². The van der Waals surface area contributed by atoms with Gasteiger partial charge in [-0.15, -0.1) is 0 Å². The van der Waals surface area contributed by atoms with Crippen LogP contribution in [-0.2, 0) is 19.0 Å². The number of carbonyl (C=O) groups is 1. The summed E-state index contributed by atoms with van der Waals surface area (Å²) in [5.41, 5.74) is 2.79. The summed E-state index contributed by atoms with van der Waals surface area (Å²) in [5, 5.41) is 4.21. The van der Waals surface area contributed by atoms with Gasteiger partial charge in [-0.25, -0.2) is 15.0 Å². The van der Waals surface area contributed by atoms with Crippen LogP contribution in [0, 0.1) is 6.92 Å². The summed E-state index contributed by atoms with van der Waals surface area (Å²) in [6, 6.07) is 3.92. The smallest absolute Gasteiger partial charge is 0.272 e. The molecule has 2 aliphatic rings. The van der Waals surface area contributed by atoms with E-state index in [0.29, 0.717) is 18.8 Å². The Morgan fingerprint density at radius 2 is 1.84 bits per heavy atom. The molecule has 0 saturated carbocycles. The van der Waals surface area contributed by atoms with Gasteiger partial charge in [0.05, 0.1) is 17.9 Å². The summed E-state index contributed by atoms with van der Waals surface area (Å²) in [5.74, 6) is 1.82. The highest BCUT2D eigenvalue weighted by Gasteiger charge is 2.47. The Labute approximate surface area is 188 Å². The Kier molecular flexibility index (Phi) is 4.98. The van der Waals surface area contributed by atoms with Gasteiger partial charge in [-0.05, 0) is 45.7 Å². The number of aryl methyl sites for hydroxylation is 2. The van der Waals surface area contributed by atoms with E-state index >= 15 is 0 Å². The molecule has 0 aliphatic carbocycles. The average molecular weight is 435 g/mol. The molecule has 5 rings (SSSR count). The molecule has 1 amide bonds. The lowest BCUT2D eigenvalue weighted by Gasteiger charge is -2.47. The highest BCUT2D eigenvalue weighted by atomic mass is 16.2. The molecule has 0 bridgehead atoms. The summed E-state index contributed by atoms with van der Waals surface area (Å²) >= 11 is 0. The third kappa shape index (κ3) is 3.27. The van der Waals surface area contributed by atoms with Crippen LogP contribution >= 0.6 is 0 Å². The van der Waals surface area contributed by atoms with Crippen molar-refractivity contribution in [2.75, 3.05) is 24.5 Å². The Balaban J connectivity index is 1.51. The fourth-order valence-corrected chi connectivity index (χ4v) is 5.40. The minimum absolute atomic E-state index is 0.0259. The zero-order valence-corrected chi connectivity index (χ0v) is 19.2. The molecule has 9 heteroatoms. The van der Waals surface area contributed by atoms with Crippen LogP contribution in [0.5, 0.6) is 0 Å². The van der Waals surface area contributed by atoms with Crippen LogP contribution < -0.4 is 4.90 Å². The third-order valence-electron chi connectivity index (χ3n) is 6.92. The van der Waals surface area contributed by atoms with Gasteiger partial charge in [-0.2, -0.15) is 5.10 Å². The third-order valence-corrected chi connectivity index (χ3v) is 6.92. The number of nitrogens with zero attached hydrogens (tertiary/aromatic N) is 8. The number of anilines is 1. The number of aromatic nitrogens is 6. The van der Waals surface area contributed by atoms with Crippen LogP contribution in [0.25, 0.3) is 0 Å². The summed E-state index contributed by atoms with van der Waals surface area (Å²) in [4.78, 5) is 31.7. The quantitative estimate of drug-likeness (QED) is 0.630. The second-order valence-corrected chi connectivity index (χ2v) is 9.24. The molecule has 0 unspecified atom stereocenters. The van der Waals surface area contributed by atoms with Crippen molar-refractivity contribution in [3.63, 3.8) is 0 Å². The fraction of sp³-hybridized carbons (Fsp3) is 0.522. The van der Waals surface area contributed by atoms with Gasteiger partial charge in [0, 0.05) is 56.7 Å². The molecule has 0 atom stereocenters. The lowest BCUT2D eigenvalue weighted by molar-refractivity contribution is 0.0624. The van der Waals surface area contributed by atoms with E-state index in [1.54, 1.807) is 29.3 Å². The van der Waals surface area contributed by atoms with E-state index in [1.807, 2.05) is 18.0 Å². The number of piperidine rings is 1. The number of fused-ring (bicyclic) bond motifs is 2. The van der Waals surface area contributed by atoms with Gasteiger partial charge >= 0.3 is 0 Å². The van der Waals surface area contributed by atoms with Gasteiger partial charge in [-0.1, -0.05) is 0 Å². The Morgan fingerprint density at radius 3 is 2.47 bits per heavy atom. The first-order valence-electron chi connectivity index (χ1n) is 11.3. The number of hydrogen-bond donors (Lipinski definition) is 0. The number of amides is 1. The first-order valence-corrected chi connectivity index (χ1v) is 11.3. The van der Waals surface area contributed by atoms with Crippen molar-refractivity contribution in [2.45, 2.75) is 51.6 Å². The first kappa shape index (κ1) is 20.7. The SMILES string of the molecule is Cc1nc2c(n1C(C)C)CN(C(=O)c1ccnn1C)CC21CCN(c2ncccn2)CC1. The van der Waals surface area contributed by atoms with Crippen LogP contribution in [0.1, 0.15) is 60.4 Å². The minimum Gasteiger partial charge on any atom is -0.341 e. The van der Waals surface area contributed by atoms with E-state index in [-0.39, 0.29) is 17.4 Å². The maximum atomic E-state index is 13.5. The van der Waals surface area contributed by atoms with Crippen molar-refractivity contribution >= 4 is 11.9 Å². The Bertz CT molecular complexity index is 1120. The maximum absolute atomic E-state index is 13.5.